The molecule has 0 saturated heterocycles. The van der Waals surface area contributed by atoms with Crippen LogP contribution in [0.4, 0.5) is 0 Å². The van der Waals surface area contributed by atoms with Gasteiger partial charge < -0.3 is 4.74 Å². The minimum atomic E-state index is -0.320. The Kier molecular flexibility index (Phi) is 3.00. The molecule has 16 heavy (non-hydrogen) atoms. The molecule has 0 aliphatic rings. The predicted octanol–water partition coefficient (Wildman–Crippen LogP) is 1.52. The Morgan fingerprint density at radius 2 is 2.19 bits per heavy atom. The molecule has 81 valence electrons. The van der Waals surface area contributed by atoms with Crippen LogP contribution in [0.25, 0.3) is 0 Å². The average Bonchev–Trinajstić information content (AvgIpc) is 2.82. The maximum Gasteiger partial charge on any atom is 0.337 e. The number of hydrogen-bond donors (Lipinski definition) is 0. The smallest absolute Gasteiger partial charge is 0.337 e. The van der Waals surface area contributed by atoms with E-state index in [9.17, 15) is 4.79 Å². The van der Waals surface area contributed by atoms with Gasteiger partial charge in [-0.15, -0.1) is 0 Å². The Hall–Kier alpha value is -2.10. The van der Waals surface area contributed by atoms with Crippen LogP contribution in [0, 0.1) is 6.07 Å². The summed E-state index contributed by atoms with van der Waals surface area (Å²) in [5.41, 5.74) is 1.63. The minimum Gasteiger partial charge on any atom is -0.465 e. The van der Waals surface area contributed by atoms with E-state index in [1.165, 1.54) is 7.11 Å². The molecule has 0 amide bonds. The van der Waals surface area contributed by atoms with Crippen LogP contribution in [0.1, 0.15) is 15.9 Å². The van der Waals surface area contributed by atoms with E-state index in [4.69, 9.17) is 0 Å². The van der Waals surface area contributed by atoms with Crippen LogP contribution in [0.2, 0.25) is 0 Å². The molecule has 1 radical (unpaired) electrons. The van der Waals surface area contributed by atoms with Gasteiger partial charge in [-0.25, -0.2) is 4.79 Å². The van der Waals surface area contributed by atoms with E-state index in [0.717, 1.165) is 5.56 Å². The van der Waals surface area contributed by atoms with E-state index < -0.39 is 0 Å². The van der Waals surface area contributed by atoms with Crippen molar-refractivity contribution in [2.75, 3.05) is 7.11 Å². The first kappa shape index (κ1) is 10.4. The molecule has 1 aromatic heterocycles. The Balaban J connectivity index is 2.10. The largest absolute Gasteiger partial charge is 0.465 e. The number of nitrogens with zero attached hydrogens (tertiary/aromatic N) is 2. The van der Waals surface area contributed by atoms with Crippen LogP contribution >= 0.6 is 0 Å². The van der Waals surface area contributed by atoms with Gasteiger partial charge in [0.1, 0.15) is 0 Å². The van der Waals surface area contributed by atoms with E-state index in [2.05, 4.69) is 15.9 Å². The number of esters is 1. The van der Waals surface area contributed by atoms with E-state index in [0.29, 0.717) is 12.1 Å². The van der Waals surface area contributed by atoms with Gasteiger partial charge >= 0.3 is 5.97 Å². The summed E-state index contributed by atoms with van der Waals surface area (Å²) in [6, 6.07) is 10.1. The molecule has 0 aliphatic heterocycles. The zero-order chi connectivity index (χ0) is 11.4. The number of rotatable bonds is 3. The molecular formula is C12H11N2O2. The first-order valence-electron chi connectivity index (χ1n) is 4.85. The monoisotopic (exact) mass is 215 g/mol. The van der Waals surface area contributed by atoms with E-state index in [-0.39, 0.29) is 5.97 Å². The fourth-order valence-electron chi connectivity index (χ4n) is 1.40. The van der Waals surface area contributed by atoms with E-state index in [1.807, 2.05) is 12.1 Å². The highest BCUT2D eigenvalue weighted by molar-refractivity contribution is 5.89. The Labute approximate surface area is 93.5 Å². The molecule has 0 N–H and O–H groups in total. The number of methoxy groups -OCH3 is 1. The summed E-state index contributed by atoms with van der Waals surface area (Å²) in [6.07, 6.45) is 3.39. The van der Waals surface area contributed by atoms with Crippen LogP contribution in [0.5, 0.6) is 0 Å². The van der Waals surface area contributed by atoms with Gasteiger partial charge in [0.05, 0.1) is 25.4 Å². The molecule has 0 bridgehead atoms. The second-order valence-corrected chi connectivity index (χ2v) is 3.33. The van der Waals surface area contributed by atoms with Crippen molar-refractivity contribution in [2.24, 2.45) is 0 Å². The van der Waals surface area contributed by atoms with Crippen molar-refractivity contribution in [3.63, 3.8) is 0 Å². The SMILES string of the molecule is COC(=O)c1ccc(Cn2c[c]cn2)cc1. The summed E-state index contributed by atoms with van der Waals surface area (Å²) < 4.78 is 6.39. The number of ether oxygens (including phenoxy) is 1. The Bertz CT molecular complexity index is 460. The van der Waals surface area contributed by atoms with Crippen molar-refractivity contribution >= 4 is 5.97 Å². The lowest BCUT2D eigenvalue weighted by Crippen LogP contribution is -2.03. The molecule has 0 spiro atoms. The number of benzene rings is 1. The third-order valence-electron chi connectivity index (χ3n) is 2.22. The van der Waals surface area contributed by atoms with Crippen molar-refractivity contribution in [3.05, 3.63) is 53.9 Å². The minimum absolute atomic E-state index is 0.320. The highest BCUT2D eigenvalue weighted by Crippen LogP contribution is 2.06. The van der Waals surface area contributed by atoms with Crippen LogP contribution in [-0.4, -0.2) is 22.9 Å². The molecule has 0 atom stereocenters. The molecule has 0 saturated carbocycles. The van der Waals surface area contributed by atoms with E-state index >= 15 is 0 Å². The van der Waals surface area contributed by atoms with Crippen molar-refractivity contribution in [1.82, 2.24) is 9.78 Å². The Morgan fingerprint density at radius 1 is 1.44 bits per heavy atom. The number of carbonyl (C=O) groups is 1. The lowest BCUT2D eigenvalue weighted by molar-refractivity contribution is 0.0600. The average molecular weight is 215 g/mol. The maximum absolute atomic E-state index is 11.2. The quantitative estimate of drug-likeness (QED) is 0.729. The zero-order valence-corrected chi connectivity index (χ0v) is 8.88. The number of aromatic nitrogens is 2. The third-order valence-corrected chi connectivity index (χ3v) is 2.22. The van der Waals surface area contributed by atoms with Crippen molar-refractivity contribution in [3.8, 4) is 0 Å². The first-order valence-corrected chi connectivity index (χ1v) is 4.85. The molecule has 4 nitrogen and oxygen atoms in total. The second kappa shape index (κ2) is 4.61. The van der Waals surface area contributed by atoms with Gasteiger partial charge in [-0.05, 0) is 17.7 Å². The topological polar surface area (TPSA) is 44.1 Å². The van der Waals surface area contributed by atoms with Crippen LogP contribution in [0.3, 0.4) is 0 Å². The summed E-state index contributed by atoms with van der Waals surface area (Å²) in [4.78, 5) is 11.2. The fraction of sp³-hybridized carbons (Fsp3) is 0.167. The van der Waals surface area contributed by atoms with Crippen molar-refractivity contribution in [2.45, 2.75) is 6.54 Å². The van der Waals surface area contributed by atoms with Crippen molar-refractivity contribution < 1.29 is 9.53 Å². The highest BCUT2D eigenvalue weighted by atomic mass is 16.5. The summed E-state index contributed by atoms with van der Waals surface area (Å²) in [7, 11) is 1.37. The van der Waals surface area contributed by atoms with Gasteiger partial charge in [0.25, 0.3) is 0 Å². The highest BCUT2D eigenvalue weighted by Gasteiger charge is 2.04. The third kappa shape index (κ3) is 2.28. The van der Waals surface area contributed by atoms with Gasteiger partial charge in [-0.1, -0.05) is 12.1 Å². The molecule has 0 fully saturated rings. The Morgan fingerprint density at radius 3 is 2.75 bits per heavy atom. The molecule has 1 aromatic carbocycles. The molecule has 0 unspecified atom stereocenters. The van der Waals surface area contributed by atoms with Gasteiger partial charge in [0.2, 0.25) is 0 Å². The summed E-state index contributed by atoms with van der Waals surface area (Å²) in [5.74, 6) is -0.320. The van der Waals surface area contributed by atoms with Gasteiger partial charge in [-0.3, -0.25) is 4.68 Å². The molecule has 2 aromatic rings. The van der Waals surface area contributed by atoms with Crippen LogP contribution in [-0.2, 0) is 11.3 Å². The van der Waals surface area contributed by atoms with Gasteiger partial charge in [-0.2, -0.15) is 5.10 Å². The normalized spacial score (nSPS) is 10.1. The molecule has 2 rings (SSSR count). The first-order chi connectivity index (χ1) is 7.79. The van der Waals surface area contributed by atoms with Crippen LogP contribution < -0.4 is 0 Å². The summed E-state index contributed by atoms with van der Waals surface area (Å²) in [5, 5.41) is 4.05. The predicted molar refractivity (Wildman–Crippen MR) is 57.9 cm³/mol. The van der Waals surface area contributed by atoms with E-state index in [1.54, 1.807) is 29.2 Å². The van der Waals surface area contributed by atoms with Gasteiger partial charge in [0, 0.05) is 12.3 Å². The molecule has 4 heteroatoms. The molecule has 0 aliphatic carbocycles. The maximum atomic E-state index is 11.2. The molecular weight excluding hydrogens is 204 g/mol. The summed E-state index contributed by atoms with van der Waals surface area (Å²) in [6.45, 7) is 0.672. The number of carbonyl (C=O) groups excluding carboxylic acids is 1. The lowest BCUT2D eigenvalue weighted by atomic mass is 10.1. The molecule has 1 heterocycles. The van der Waals surface area contributed by atoms with Gasteiger partial charge in [0.15, 0.2) is 0 Å². The lowest BCUT2D eigenvalue weighted by Gasteiger charge is -2.03. The second-order valence-electron chi connectivity index (χ2n) is 3.33. The van der Waals surface area contributed by atoms with Crippen LogP contribution in [0.15, 0.2) is 36.7 Å². The van der Waals surface area contributed by atoms with Crippen molar-refractivity contribution in [1.29, 1.82) is 0 Å². The summed E-state index contributed by atoms with van der Waals surface area (Å²) >= 11 is 0. The number of hydrogen-bond acceptors (Lipinski definition) is 3. The standard InChI is InChI=1S/C12H11N2O2/c1-16-12(15)11-5-3-10(4-6-11)9-14-8-2-7-13-14/h3-8H,9H2,1H3. The fourth-order valence-corrected chi connectivity index (χ4v) is 1.40. The zero-order valence-electron chi connectivity index (χ0n) is 8.88.